The molecule has 2 aromatic carbocycles. The lowest BCUT2D eigenvalue weighted by atomic mass is 9.93. The van der Waals surface area contributed by atoms with Crippen molar-refractivity contribution in [3.63, 3.8) is 0 Å². The van der Waals surface area contributed by atoms with Crippen molar-refractivity contribution in [2.75, 3.05) is 0 Å². The summed E-state index contributed by atoms with van der Waals surface area (Å²) in [7, 11) is 0. The van der Waals surface area contributed by atoms with Gasteiger partial charge in [0.25, 0.3) is 5.91 Å². The molecular weight excluding hydrogens is 439 g/mol. The van der Waals surface area contributed by atoms with E-state index in [2.05, 4.69) is 10.3 Å². The van der Waals surface area contributed by atoms with E-state index in [0.717, 1.165) is 12.1 Å². The van der Waals surface area contributed by atoms with Gasteiger partial charge in [-0.05, 0) is 30.2 Å². The molecule has 0 aliphatic rings. The number of thiazole rings is 1. The van der Waals surface area contributed by atoms with Gasteiger partial charge in [0.2, 0.25) is 0 Å². The third-order valence-corrected chi connectivity index (χ3v) is 5.42. The fraction of sp³-hybridized carbons (Fsp3) is 0.217. The number of alkyl halides is 3. The third-order valence-electron chi connectivity index (χ3n) is 4.83. The van der Waals surface area contributed by atoms with Crippen LogP contribution in [0.1, 0.15) is 45.7 Å². The molecule has 3 aromatic rings. The van der Waals surface area contributed by atoms with E-state index in [1.54, 1.807) is 19.2 Å². The van der Waals surface area contributed by atoms with E-state index in [9.17, 15) is 22.8 Å². The Labute approximate surface area is 186 Å². The monoisotopic (exact) mass is 457 g/mol. The second kappa shape index (κ2) is 9.32. The van der Waals surface area contributed by atoms with Gasteiger partial charge in [0.05, 0.1) is 40.0 Å². The van der Waals surface area contributed by atoms with Crippen LogP contribution in [0.15, 0.2) is 53.4 Å². The number of nitrogens with zero attached hydrogens (tertiary/aromatic N) is 2. The van der Waals surface area contributed by atoms with Gasteiger partial charge in [-0.2, -0.15) is 18.4 Å². The summed E-state index contributed by atoms with van der Waals surface area (Å²) >= 11 is 1.28. The average Bonchev–Trinajstić information content (AvgIpc) is 3.30. The predicted molar refractivity (Wildman–Crippen MR) is 114 cm³/mol. The Hall–Kier alpha value is -3.51. The molecule has 0 fully saturated rings. The Bertz CT molecular complexity index is 1160. The number of hydrogen-bond acceptors (Lipinski definition) is 5. The number of ketones is 1. The number of Topliss-reactive ketones (excluding diaryl/α,β-unsaturated/α-hetero) is 1. The van der Waals surface area contributed by atoms with Gasteiger partial charge >= 0.3 is 6.18 Å². The summed E-state index contributed by atoms with van der Waals surface area (Å²) in [5, 5.41) is 13.0. The molecule has 0 aliphatic carbocycles. The molecule has 164 valence electrons. The first-order chi connectivity index (χ1) is 15.1. The number of halogens is 3. The van der Waals surface area contributed by atoms with Crippen molar-refractivity contribution in [1.29, 1.82) is 5.26 Å². The third kappa shape index (κ3) is 5.03. The van der Waals surface area contributed by atoms with Crippen LogP contribution in [-0.2, 0) is 6.18 Å². The molecule has 1 unspecified atom stereocenters. The van der Waals surface area contributed by atoms with E-state index in [4.69, 9.17) is 5.26 Å². The van der Waals surface area contributed by atoms with E-state index in [1.165, 1.54) is 47.2 Å². The van der Waals surface area contributed by atoms with Gasteiger partial charge in [0.1, 0.15) is 0 Å². The number of benzene rings is 2. The van der Waals surface area contributed by atoms with Crippen LogP contribution in [0, 0.1) is 17.2 Å². The molecule has 1 N–H and O–H groups in total. The second-order valence-electron chi connectivity index (χ2n) is 7.38. The number of aromatic nitrogens is 1. The molecule has 0 aliphatic heterocycles. The fourth-order valence-corrected chi connectivity index (χ4v) is 3.70. The molecule has 5 nitrogen and oxygen atoms in total. The smallest absolute Gasteiger partial charge is 0.342 e. The molecule has 32 heavy (non-hydrogen) atoms. The SMILES string of the molecule is CC(C)C(NC(=O)c1cc(-c2cscn2)ccc1C(F)(F)F)C(=O)c1ccc(C#N)cc1. The highest BCUT2D eigenvalue weighted by atomic mass is 32.1. The van der Waals surface area contributed by atoms with Gasteiger partial charge < -0.3 is 5.32 Å². The molecule has 0 radical (unpaired) electrons. The van der Waals surface area contributed by atoms with E-state index < -0.39 is 41.0 Å². The van der Waals surface area contributed by atoms with E-state index >= 15 is 0 Å². The Kier molecular flexibility index (Phi) is 6.75. The van der Waals surface area contributed by atoms with E-state index in [1.807, 2.05) is 6.07 Å². The predicted octanol–water partition coefficient (Wildman–Crippen LogP) is 5.34. The number of amides is 1. The molecule has 0 spiro atoms. The highest BCUT2D eigenvalue weighted by molar-refractivity contribution is 7.07. The zero-order valence-corrected chi connectivity index (χ0v) is 17.9. The zero-order valence-electron chi connectivity index (χ0n) is 17.1. The molecule has 1 heterocycles. The molecular formula is C23H18F3N3O2S. The first-order valence-corrected chi connectivity index (χ1v) is 10.5. The molecule has 1 amide bonds. The fourth-order valence-electron chi connectivity index (χ4n) is 3.14. The van der Waals surface area contributed by atoms with Crippen LogP contribution in [0.2, 0.25) is 0 Å². The van der Waals surface area contributed by atoms with Crippen LogP contribution in [0.3, 0.4) is 0 Å². The van der Waals surface area contributed by atoms with Crippen molar-refractivity contribution in [1.82, 2.24) is 10.3 Å². The van der Waals surface area contributed by atoms with Crippen molar-refractivity contribution in [2.24, 2.45) is 5.92 Å². The Balaban J connectivity index is 1.96. The standard InChI is InChI=1S/C23H18F3N3O2S/c1-13(2)20(21(30)15-5-3-14(10-27)4-6-15)29-22(31)17-9-16(19-11-32-12-28-19)7-8-18(17)23(24,25)26/h3-9,11-13,20H,1-2H3,(H,29,31). The maximum atomic E-state index is 13.6. The first kappa shape index (κ1) is 23.2. The molecule has 0 saturated heterocycles. The first-order valence-electron chi connectivity index (χ1n) is 9.57. The van der Waals surface area contributed by atoms with Crippen molar-refractivity contribution < 1.29 is 22.8 Å². The van der Waals surface area contributed by atoms with Crippen LogP contribution in [-0.4, -0.2) is 22.7 Å². The molecule has 3 rings (SSSR count). The van der Waals surface area contributed by atoms with Crippen LogP contribution < -0.4 is 5.32 Å². The second-order valence-corrected chi connectivity index (χ2v) is 8.10. The lowest BCUT2D eigenvalue weighted by Crippen LogP contribution is -2.45. The number of carbonyl (C=O) groups excluding carboxylic acids is 2. The molecule has 1 atom stereocenters. The summed E-state index contributed by atoms with van der Waals surface area (Å²) in [5.41, 5.74) is 1.28. The van der Waals surface area contributed by atoms with Crippen LogP contribution >= 0.6 is 11.3 Å². The number of hydrogen-bond donors (Lipinski definition) is 1. The Morgan fingerprint density at radius 2 is 1.81 bits per heavy atom. The minimum atomic E-state index is -4.75. The molecule has 9 heteroatoms. The summed E-state index contributed by atoms with van der Waals surface area (Å²) in [4.78, 5) is 30.0. The van der Waals surface area contributed by atoms with Gasteiger partial charge in [-0.1, -0.05) is 32.0 Å². The Morgan fingerprint density at radius 3 is 2.34 bits per heavy atom. The van der Waals surface area contributed by atoms with Crippen LogP contribution in [0.25, 0.3) is 11.3 Å². The summed E-state index contributed by atoms with van der Waals surface area (Å²) < 4.78 is 40.8. The topological polar surface area (TPSA) is 82.8 Å². The maximum absolute atomic E-state index is 13.6. The largest absolute Gasteiger partial charge is 0.417 e. The summed E-state index contributed by atoms with van der Waals surface area (Å²) in [6.07, 6.45) is -4.75. The van der Waals surface area contributed by atoms with Gasteiger partial charge in [-0.25, -0.2) is 4.98 Å². The summed E-state index contributed by atoms with van der Waals surface area (Å²) in [5.74, 6) is -1.85. The summed E-state index contributed by atoms with van der Waals surface area (Å²) in [6.45, 7) is 3.37. The minimum Gasteiger partial charge on any atom is -0.342 e. The van der Waals surface area contributed by atoms with Crippen LogP contribution in [0.5, 0.6) is 0 Å². The highest BCUT2D eigenvalue weighted by Crippen LogP contribution is 2.34. The van der Waals surface area contributed by atoms with Gasteiger partial charge in [0.15, 0.2) is 5.78 Å². The van der Waals surface area contributed by atoms with Crippen molar-refractivity contribution in [3.05, 3.63) is 75.6 Å². The lowest BCUT2D eigenvalue weighted by Gasteiger charge is -2.22. The highest BCUT2D eigenvalue weighted by Gasteiger charge is 2.36. The van der Waals surface area contributed by atoms with Crippen molar-refractivity contribution >= 4 is 23.0 Å². The molecule has 1 aromatic heterocycles. The zero-order chi connectivity index (χ0) is 23.5. The minimum absolute atomic E-state index is 0.246. The quantitative estimate of drug-likeness (QED) is 0.507. The van der Waals surface area contributed by atoms with E-state index in [-0.39, 0.29) is 5.56 Å². The summed E-state index contributed by atoms with van der Waals surface area (Å²) in [6, 6.07) is 9.96. The molecule has 0 bridgehead atoms. The van der Waals surface area contributed by atoms with Crippen molar-refractivity contribution in [2.45, 2.75) is 26.1 Å². The average molecular weight is 457 g/mol. The maximum Gasteiger partial charge on any atom is 0.417 e. The number of rotatable bonds is 6. The number of nitriles is 1. The normalized spacial score (nSPS) is 12.3. The number of nitrogens with one attached hydrogen (secondary N) is 1. The van der Waals surface area contributed by atoms with E-state index in [0.29, 0.717) is 16.8 Å². The van der Waals surface area contributed by atoms with Crippen molar-refractivity contribution in [3.8, 4) is 17.3 Å². The number of carbonyl (C=O) groups is 2. The van der Waals surface area contributed by atoms with Gasteiger partial charge in [0, 0.05) is 16.5 Å². The van der Waals surface area contributed by atoms with Crippen LogP contribution in [0.4, 0.5) is 13.2 Å². The van der Waals surface area contributed by atoms with Gasteiger partial charge in [-0.15, -0.1) is 11.3 Å². The lowest BCUT2D eigenvalue weighted by molar-refractivity contribution is -0.137. The molecule has 0 saturated carbocycles. The Morgan fingerprint density at radius 1 is 1.12 bits per heavy atom. The van der Waals surface area contributed by atoms with Gasteiger partial charge in [-0.3, -0.25) is 9.59 Å².